The van der Waals surface area contributed by atoms with Crippen LogP contribution < -0.4 is 11.1 Å². The highest BCUT2D eigenvalue weighted by Crippen LogP contribution is 2.29. The van der Waals surface area contributed by atoms with Gasteiger partial charge in [0.05, 0.1) is 17.8 Å². The minimum absolute atomic E-state index is 0.114. The summed E-state index contributed by atoms with van der Waals surface area (Å²) in [5.41, 5.74) is 7.40. The van der Waals surface area contributed by atoms with Crippen molar-refractivity contribution in [2.24, 2.45) is 5.73 Å². The number of nitrogens with two attached hydrogens (primary N) is 1. The van der Waals surface area contributed by atoms with Crippen LogP contribution in [0.2, 0.25) is 0 Å². The van der Waals surface area contributed by atoms with Crippen molar-refractivity contribution in [1.82, 2.24) is 19.7 Å². The molecule has 1 aromatic heterocycles. The maximum Gasteiger partial charge on any atom is 0.248 e. The molecule has 0 aliphatic rings. The molecule has 33 heavy (non-hydrogen) atoms. The van der Waals surface area contributed by atoms with E-state index in [1.165, 1.54) is 11.8 Å². The van der Waals surface area contributed by atoms with E-state index in [2.05, 4.69) is 44.0 Å². The zero-order valence-electron chi connectivity index (χ0n) is 19.4. The highest BCUT2D eigenvalue weighted by molar-refractivity contribution is 8.00. The van der Waals surface area contributed by atoms with Gasteiger partial charge in [-0.05, 0) is 57.3 Å². The molecule has 2 aromatic carbocycles. The third kappa shape index (κ3) is 6.21. The van der Waals surface area contributed by atoms with Gasteiger partial charge in [0.25, 0.3) is 0 Å². The number of benzene rings is 2. The van der Waals surface area contributed by atoms with Crippen LogP contribution in [0.4, 0.5) is 5.69 Å². The van der Waals surface area contributed by atoms with Crippen LogP contribution in [0.5, 0.6) is 0 Å². The largest absolute Gasteiger partial charge is 0.366 e. The van der Waals surface area contributed by atoms with E-state index in [1.54, 1.807) is 24.3 Å². The SMILES string of the molecule is CC[C@@H](c1nnc(S[C@H](C)C(=O)Nc2ccc(C(N)=O)cc2)n1Cc1ccccc1)N(C)C. The Morgan fingerprint density at radius 3 is 2.33 bits per heavy atom. The molecule has 0 saturated carbocycles. The van der Waals surface area contributed by atoms with Gasteiger partial charge >= 0.3 is 0 Å². The number of amides is 2. The molecule has 0 unspecified atom stereocenters. The molecule has 0 spiro atoms. The van der Waals surface area contributed by atoms with Gasteiger partial charge in [-0.15, -0.1) is 10.2 Å². The number of carbonyl (C=O) groups is 2. The van der Waals surface area contributed by atoms with Crippen LogP contribution in [-0.2, 0) is 11.3 Å². The molecule has 0 fully saturated rings. The molecule has 0 aliphatic heterocycles. The monoisotopic (exact) mass is 466 g/mol. The molecular formula is C24H30N6O2S. The van der Waals surface area contributed by atoms with Crippen LogP contribution >= 0.6 is 11.8 Å². The fourth-order valence-corrected chi connectivity index (χ4v) is 4.36. The van der Waals surface area contributed by atoms with Gasteiger partial charge in [0.2, 0.25) is 11.8 Å². The Balaban J connectivity index is 1.80. The number of thioether (sulfide) groups is 1. The van der Waals surface area contributed by atoms with Crippen molar-refractivity contribution >= 4 is 29.3 Å². The summed E-state index contributed by atoms with van der Waals surface area (Å²) in [6.07, 6.45) is 0.891. The number of hydrogen-bond donors (Lipinski definition) is 2. The van der Waals surface area contributed by atoms with E-state index in [1.807, 2.05) is 39.2 Å². The Hall–Kier alpha value is -3.17. The Kier molecular flexibility index (Phi) is 8.24. The zero-order valence-corrected chi connectivity index (χ0v) is 20.2. The molecule has 174 valence electrons. The van der Waals surface area contributed by atoms with Crippen molar-refractivity contribution in [3.8, 4) is 0 Å². The maximum absolute atomic E-state index is 12.8. The second-order valence-corrected chi connectivity index (χ2v) is 9.30. The Morgan fingerprint density at radius 2 is 1.76 bits per heavy atom. The summed E-state index contributed by atoms with van der Waals surface area (Å²) >= 11 is 1.37. The lowest BCUT2D eigenvalue weighted by Gasteiger charge is -2.23. The minimum Gasteiger partial charge on any atom is -0.366 e. The molecule has 3 rings (SSSR count). The van der Waals surface area contributed by atoms with Crippen molar-refractivity contribution in [2.45, 2.75) is 43.3 Å². The van der Waals surface area contributed by atoms with E-state index in [-0.39, 0.29) is 11.9 Å². The summed E-state index contributed by atoms with van der Waals surface area (Å²) < 4.78 is 2.10. The van der Waals surface area contributed by atoms with Gasteiger partial charge in [-0.1, -0.05) is 49.0 Å². The number of hydrogen-bond acceptors (Lipinski definition) is 6. The normalized spacial score (nSPS) is 13.0. The molecule has 2 atom stereocenters. The molecule has 0 bridgehead atoms. The van der Waals surface area contributed by atoms with Gasteiger partial charge < -0.3 is 15.6 Å². The lowest BCUT2D eigenvalue weighted by molar-refractivity contribution is -0.115. The molecule has 3 N–H and O–H groups in total. The zero-order chi connectivity index (χ0) is 24.0. The lowest BCUT2D eigenvalue weighted by Crippen LogP contribution is -2.25. The molecule has 1 heterocycles. The summed E-state index contributed by atoms with van der Waals surface area (Å²) in [6, 6.07) is 16.8. The van der Waals surface area contributed by atoms with E-state index in [9.17, 15) is 9.59 Å². The van der Waals surface area contributed by atoms with Crippen molar-refractivity contribution in [2.75, 3.05) is 19.4 Å². The molecular weight excluding hydrogens is 436 g/mol. The smallest absolute Gasteiger partial charge is 0.248 e. The average Bonchev–Trinajstić information content (AvgIpc) is 3.16. The first kappa shape index (κ1) is 24.5. The van der Waals surface area contributed by atoms with Crippen LogP contribution in [-0.4, -0.2) is 50.8 Å². The second kappa shape index (κ2) is 11.1. The number of carbonyl (C=O) groups excluding carboxylic acids is 2. The van der Waals surface area contributed by atoms with Crippen LogP contribution in [0, 0.1) is 0 Å². The predicted molar refractivity (Wildman–Crippen MR) is 131 cm³/mol. The topological polar surface area (TPSA) is 106 Å². The van der Waals surface area contributed by atoms with Gasteiger partial charge in [0, 0.05) is 11.3 Å². The minimum atomic E-state index is -0.506. The van der Waals surface area contributed by atoms with Crippen LogP contribution in [0.15, 0.2) is 59.8 Å². The maximum atomic E-state index is 12.8. The van der Waals surface area contributed by atoms with E-state index in [4.69, 9.17) is 5.73 Å². The number of nitrogens with zero attached hydrogens (tertiary/aromatic N) is 4. The molecule has 2 amide bonds. The first-order valence-electron chi connectivity index (χ1n) is 10.8. The molecule has 0 radical (unpaired) electrons. The van der Waals surface area contributed by atoms with Gasteiger partial charge in [0.1, 0.15) is 0 Å². The van der Waals surface area contributed by atoms with Crippen molar-refractivity contribution in [3.05, 3.63) is 71.5 Å². The van der Waals surface area contributed by atoms with Crippen molar-refractivity contribution in [1.29, 1.82) is 0 Å². The molecule has 9 heteroatoms. The third-order valence-electron chi connectivity index (χ3n) is 5.33. The van der Waals surface area contributed by atoms with E-state index in [0.29, 0.717) is 23.0 Å². The van der Waals surface area contributed by atoms with Crippen LogP contribution in [0.25, 0.3) is 0 Å². The van der Waals surface area contributed by atoms with E-state index in [0.717, 1.165) is 17.8 Å². The van der Waals surface area contributed by atoms with Gasteiger partial charge in [-0.2, -0.15) is 0 Å². The number of aromatic nitrogens is 3. The first-order chi connectivity index (χ1) is 15.8. The molecule has 0 saturated heterocycles. The third-order valence-corrected chi connectivity index (χ3v) is 6.41. The lowest BCUT2D eigenvalue weighted by atomic mass is 10.2. The summed E-state index contributed by atoms with van der Waals surface area (Å²) in [5.74, 6) is 0.208. The van der Waals surface area contributed by atoms with E-state index >= 15 is 0 Å². The summed E-state index contributed by atoms with van der Waals surface area (Å²) in [4.78, 5) is 26.2. The molecule has 0 aliphatic carbocycles. The van der Waals surface area contributed by atoms with Crippen LogP contribution in [0.1, 0.15) is 48.1 Å². The van der Waals surface area contributed by atoms with Crippen LogP contribution in [0.3, 0.4) is 0 Å². The van der Waals surface area contributed by atoms with Gasteiger partial charge in [-0.3, -0.25) is 14.5 Å². The van der Waals surface area contributed by atoms with Crippen molar-refractivity contribution in [3.63, 3.8) is 0 Å². The van der Waals surface area contributed by atoms with Gasteiger partial charge in [0.15, 0.2) is 11.0 Å². The Labute approximate surface area is 198 Å². The highest BCUT2D eigenvalue weighted by Gasteiger charge is 2.25. The standard InChI is InChI=1S/C24H30N6O2S/c1-5-20(29(3)4)22-27-28-24(30(22)15-17-9-7-6-8-10-17)33-16(2)23(32)26-19-13-11-18(12-14-19)21(25)31/h6-14,16,20H,5,15H2,1-4H3,(H2,25,31)(H,26,32)/t16-,20+/m1/s1. The molecule has 3 aromatic rings. The number of anilines is 1. The van der Waals surface area contributed by atoms with E-state index < -0.39 is 11.2 Å². The fourth-order valence-electron chi connectivity index (χ4n) is 3.50. The number of nitrogens with one attached hydrogen (secondary N) is 1. The second-order valence-electron chi connectivity index (χ2n) is 7.99. The number of rotatable bonds is 10. The summed E-state index contributed by atoms with van der Waals surface area (Å²) in [6.45, 7) is 4.58. The Bertz CT molecular complexity index is 1080. The summed E-state index contributed by atoms with van der Waals surface area (Å²) in [5, 5.41) is 12.1. The Morgan fingerprint density at radius 1 is 1.09 bits per heavy atom. The highest BCUT2D eigenvalue weighted by atomic mass is 32.2. The molecule has 8 nitrogen and oxygen atoms in total. The predicted octanol–water partition coefficient (Wildman–Crippen LogP) is 3.56. The number of primary amides is 1. The average molecular weight is 467 g/mol. The summed E-state index contributed by atoms with van der Waals surface area (Å²) in [7, 11) is 4.06. The van der Waals surface area contributed by atoms with Gasteiger partial charge in [-0.25, -0.2) is 0 Å². The fraction of sp³-hybridized carbons (Fsp3) is 0.333. The van der Waals surface area contributed by atoms with Crippen molar-refractivity contribution < 1.29 is 9.59 Å². The first-order valence-corrected chi connectivity index (χ1v) is 11.7. The quantitative estimate of drug-likeness (QED) is 0.443.